The molecule has 0 aliphatic carbocycles. The van der Waals surface area contributed by atoms with Crippen LogP contribution in [0.2, 0.25) is 0 Å². The Morgan fingerprint density at radius 2 is 1.79 bits per heavy atom. The summed E-state index contributed by atoms with van der Waals surface area (Å²) in [6.07, 6.45) is 0. The smallest absolute Gasteiger partial charge is 0.293 e. The number of hydrogen-bond acceptors (Lipinski definition) is 7. The van der Waals surface area contributed by atoms with E-state index in [1.807, 2.05) is 6.07 Å². The van der Waals surface area contributed by atoms with Crippen molar-refractivity contribution in [2.75, 3.05) is 24.0 Å². The van der Waals surface area contributed by atoms with Crippen molar-refractivity contribution in [2.45, 2.75) is 13.5 Å². The van der Waals surface area contributed by atoms with Gasteiger partial charge in [0.15, 0.2) is 11.5 Å². The Labute approximate surface area is 195 Å². The van der Waals surface area contributed by atoms with Gasteiger partial charge in [0.1, 0.15) is 5.69 Å². The quantitative estimate of drug-likeness (QED) is 0.344. The highest BCUT2D eigenvalue weighted by molar-refractivity contribution is 6.01. The highest BCUT2D eigenvalue weighted by Crippen LogP contribution is 2.32. The van der Waals surface area contributed by atoms with Gasteiger partial charge in [-0.1, -0.05) is 24.3 Å². The molecule has 3 aromatic rings. The standard InChI is InChI=1S/C24H22N4O6/c1-15-6-8-19(20(10-15)28(31)32)27-23(29)13-25-18-5-3-2-4-17(18)24(30)26-12-16-7-9-21-22(11-16)34-14-33-21/h2-11,25H,12-14H2,1H3,(H,26,30)(H,27,29). The molecule has 0 spiro atoms. The maximum Gasteiger partial charge on any atom is 0.293 e. The van der Waals surface area contributed by atoms with Gasteiger partial charge in [0.25, 0.3) is 11.6 Å². The molecule has 0 aromatic heterocycles. The molecule has 2 amide bonds. The molecule has 0 radical (unpaired) electrons. The van der Waals surface area contributed by atoms with Gasteiger partial charge >= 0.3 is 0 Å². The van der Waals surface area contributed by atoms with Crippen molar-refractivity contribution in [2.24, 2.45) is 0 Å². The van der Waals surface area contributed by atoms with Crippen LogP contribution in [0.1, 0.15) is 21.5 Å². The Kier molecular flexibility index (Phi) is 6.58. The van der Waals surface area contributed by atoms with Gasteiger partial charge in [-0.15, -0.1) is 0 Å². The van der Waals surface area contributed by atoms with Crippen molar-refractivity contribution in [1.82, 2.24) is 5.32 Å². The fourth-order valence-electron chi connectivity index (χ4n) is 3.43. The number of anilines is 2. The van der Waals surface area contributed by atoms with E-state index < -0.39 is 10.8 Å². The van der Waals surface area contributed by atoms with Crippen LogP contribution in [0, 0.1) is 17.0 Å². The number of ether oxygens (including phenoxy) is 2. The molecule has 0 fully saturated rings. The molecule has 0 saturated carbocycles. The number of amides is 2. The summed E-state index contributed by atoms with van der Waals surface area (Å²) >= 11 is 0. The number of hydrogen-bond donors (Lipinski definition) is 3. The van der Waals surface area contributed by atoms with Crippen molar-refractivity contribution in [3.05, 3.63) is 87.5 Å². The lowest BCUT2D eigenvalue weighted by Crippen LogP contribution is -2.26. The van der Waals surface area contributed by atoms with Crippen LogP contribution in [0.5, 0.6) is 11.5 Å². The fourth-order valence-corrected chi connectivity index (χ4v) is 3.43. The summed E-state index contributed by atoms with van der Waals surface area (Å²) in [4.78, 5) is 35.9. The first kappa shape index (κ1) is 22.6. The molecule has 10 heteroatoms. The molecule has 4 rings (SSSR count). The molecule has 0 atom stereocenters. The minimum Gasteiger partial charge on any atom is -0.454 e. The Morgan fingerprint density at radius 3 is 2.62 bits per heavy atom. The van der Waals surface area contributed by atoms with Crippen LogP contribution in [0.4, 0.5) is 17.1 Å². The van der Waals surface area contributed by atoms with Crippen molar-refractivity contribution < 1.29 is 24.0 Å². The number of benzene rings is 3. The van der Waals surface area contributed by atoms with Gasteiger partial charge in [0.05, 0.1) is 17.0 Å². The van der Waals surface area contributed by atoms with Gasteiger partial charge in [0.2, 0.25) is 12.7 Å². The molecule has 3 aromatic carbocycles. The molecule has 3 N–H and O–H groups in total. The molecule has 34 heavy (non-hydrogen) atoms. The molecule has 1 heterocycles. The summed E-state index contributed by atoms with van der Waals surface area (Å²) in [5, 5.41) is 19.6. The lowest BCUT2D eigenvalue weighted by Gasteiger charge is -2.13. The highest BCUT2D eigenvalue weighted by atomic mass is 16.7. The number of fused-ring (bicyclic) bond motifs is 1. The summed E-state index contributed by atoms with van der Waals surface area (Å²) in [5.74, 6) is 0.491. The zero-order valence-corrected chi connectivity index (χ0v) is 18.3. The van der Waals surface area contributed by atoms with Crippen LogP contribution in [-0.2, 0) is 11.3 Å². The molecule has 10 nitrogen and oxygen atoms in total. The summed E-state index contributed by atoms with van der Waals surface area (Å²) in [6.45, 7) is 2.00. The van der Waals surface area contributed by atoms with Crippen LogP contribution in [0.25, 0.3) is 0 Å². The van der Waals surface area contributed by atoms with E-state index in [-0.39, 0.29) is 37.2 Å². The zero-order chi connectivity index (χ0) is 24.1. The van der Waals surface area contributed by atoms with E-state index in [9.17, 15) is 19.7 Å². The Morgan fingerprint density at radius 1 is 1.00 bits per heavy atom. The van der Waals surface area contributed by atoms with Gasteiger partial charge in [-0.3, -0.25) is 19.7 Å². The number of nitro benzene ring substituents is 1. The average Bonchev–Trinajstić information content (AvgIpc) is 3.30. The molecular formula is C24H22N4O6. The number of carbonyl (C=O) groups excluding carboxylic acids is 2. The van der Waals surface area contributed by atoms with E-state index in [0.717, 1.165) is 5.56 Å². The van der Waals surface area contributed by atoms with Crippen LogP contribution in [0.15, 0.2) is 60.7 Å². The third-order valence-electron chi connectivity index (χ3n) is 5.13. The third-order valence-corrected chi connectivity index (χ3v) is 5.13. The van der Waals surface area contributed by atoms with E-state index in [1.165, 1.54) is 12.1 Å². The first-order valence-corrected chi connectivity index (χ1v) is 10.5. The predicted octanol–water partition coefficient (Wildman–Crippen LogP) is 3.61. The van der Waals surface area contributed by atoms with E-state index in [4.69, 9.17) is 9.47 Å². The molecule has 1 aliphatic rings. The van der Waals surface area contributed by atoms with Crippen molar-refractivity contribution >= 4 is 28.9 Å². The van der Waals surface area contributed by atoms with Gasteiger partial charge in [-0.05, 0) is 48.4 Å². The highest BCUT2D eigenvalue weighted by Gasteiger charge is 2.17. The number of carbonyl (C=O) groups is 2. The SMILES string of the molecule is Cc1ccc(NC(=O)CNc2ccccc2C(=O)NCc2ccc3c(c2)OCO3)c([N+](=O)[O-])c1. The average molecular weight is 462 g/mol. The zero-order valence-electron chi connectivity index (χ0n) is 18.3. The number of nitro groups is 1. The van der Waals surface area contributed by atoms with Crippen molar-refractivity contribution in [3.8, 4) is 11.5 Å². The maximum absolute atomic E-state index is 12.8. The van der Waals surface area contributed by atoms with E-state index in [0.29, 0.717) is 28.3 Å². The van der Waals surface area contributed by atoms with Gasteiger partial charge < -0.3 is 25.4 Å². The minimum absolute atomic E-state index is 0.108. The number of aryl methyl sites for hydroxylation is 1. The lowest BCUT2D eigenvalue weighted by molar-refractivity contribution is -0.384. The topological polar surface area (TPSA) is 132 Å². The van der Waals surface area contributed by atoms with Crippen molar-refractivity contribution in [1.29, 1.82) is 0 Å². The van der Waals surface area contributed by atoms with E-state index in [2.05, 4.69) is 16.0 Å². The number of nitrogens with one attached hydrogen (secondary N) is 3. The number of nitrogens with zero attached hydrogens (tertiary/aromatic N) is 1. The second-order valence-electron chi connectivity index (χ2n) is 7.60. The molecule has 174 valence electrons. The third kappa shape index (κ3) is 5.23. The number of para-hydroxylation sites is 1. The van der Waals surface area contributed by atoms with Crippen LogP contribution in [0.3, 0.4) is 0 Å². The fraction of sp³-hybridized carbons (Fsp3) is 0.167. The molecule has 0 bridgehead atoms. The Balaban J connectivity index is 1.37. The van der Waals surface area contributed by atoms with E-state index >= 15 is 0 Å². The van der Waals surface area contributed by atoms with Crippen LogP contribution in [-0.4, -0.2) is 30.1 Å². The first-order valence-electron chi connectivity index (χ1n) is 10.5. The summed E-state index contributed by atoms with van der Waals surface area (Å²) in [6, 6.07) is 16.8. The van der Waals surface area contributed by atoms with Gasteiger partial charge in [-0.2, -0.15) is 0 Å². The van der Waals surface area contributed by atoms with Gasteiger partial charge in [0, 0.05) is 18.3 Å². The normalized spacial score (nSPS) is 11.6. The van der Waals surface area contributed by atoms with Crippen LogP contribution >= 0.6 is 0 Å². The Bertz CT molecular complexity index is 1260. The lowest BCUT2D eigenvalue weighted by atomic mass is 10.1. The molecular weight excluding hydrogens is 440 g/mol. The number of rotatable bonds is 8. The second-order valence-corrected chi connectivity index (χ2v) is 7.60. The molecule has 0 saturated heterocycles. The van der Waals surface area contributed by atoms with Crippen LogP contribution < -0.4 is 25.4 Å². The molecule has 0 unspecified atom stereocenters. The molecule has 1 aliphatic heterocycles. The van der Waals surface area contributed by atoms with E-state index in [1.54, 1.807) is 49.4 Å². The monoisotopic (exact) mass is 462 g/mol. The first-order chi connectivity index (χ1) is 16.4. The maximum atomic E-state index is 12.8. The van der Waals surface area contributed by atoms with Gasteiger partial charge in [-0.25, -0.2) is 0 Å². The summed E-state index contributed by atoms with van der Waals surface area (Å²) in [5.41, 5.74) is 2.30. The largest absolute Gasteiger partial charge is 0.454 e. The Hall–Kier alpha value is -4.60. The predicted molar refractivity (Wildman–Crippen MR) is 125 cm³/mol. The summed E-state index contributed by atoms with van der Waals surface area (Å²) < 4.78 is 10.6. The van der Waals surface area contributed by atoms with Crippen molar-refractivity contribution in [3.63, 3.8) is 0 Å². The summed E-state index contributed by atoms with van der Waals surface area (Å²) in [7, 11) is 0. The second kappa shape index (κ2) is 9.90. The minimum atomic E-state index is -0.546.